The Morgan fingerprint density at radius 1 is 0.704 bits per heavy atom. The molecule has 3 aromatic carbocycles. The number of rotatable bonds is 5. The molecule has 0 aliphatic heterocycles. The average Bonchev–Trinajstić information content (AvgIpc) is 2.77. The van der Waals surface area contributed by atoms with Gasteiger partial charge in [0.05, 0.1) is 0 Å². The fourth-order valence-electron chi connectivity index (χ4n) is 3.32. The molecule has 0 spiro atoms. The summed E-state index contributed by atoms with van der Waals surface area (Å²) in [6, 6.07) is 33.6. The molecule has 27 heavy (non-hydrogen) atoms. The van der Waals surface area contributed by atoms with Crippen LogP contribution in [-0.4, -0.2) is 0 Å². The molecule has 0 saturated heterocycles. The first-order valence-electron chi connectivity index (χ1n) is 9.66. The Labute approximate surface area is 164 Å². The lowest BCUT2D eigenvalue weighted by molar-refractivity contribution is 0.648. The van der Waals surface area contributed by atoms with Crippen LogP contribution >= 0.6 is 0 Å². The van der Waals surface area contributed by atoms with Crippen molar-refractivity contribution in [3.63, 3.8) is 0 Å². The SMILES string of the molecule is C/C=C\C=C(/CC)C(C)(c1ccccc1)c1ccccc1.c1ccccc1. The second kappa shape index (κ2) is 11.0. The van der Waals surface area contributed by atoms with Crippen LogP contribution in [0.4, 0.5) is 0 Å². The van der Waals surface area contributed by atoms with Gasteiger partial charge >= 0.3 is 0 Å². The van der Waals surface area contributed by atoms with Gasteiger partial charge in [-0.25, -0.2) is 0 Å². The van der Waals surface area contributed by atoms with E-state index in [1.807, 2.05) is 36.4 Å². The molecule has 0 radical (unpaired) electrons. The number of hydrogen-bond donors (Lipinski definition) is 0. The van der Waals surface area contributed by atoms with Gasteiger partial charge in [-0.05, 0) is 31.4 Å². The van der Waals surface area contributed by atoms with Crippen molar-refractivity contribution in [1.82, 2.24) is 0 Å². The molecule has 0 fully saturated rings. The molecule has 0 unspecified atom stereocenters. The van der Waals surface area contributed by atoms with E-state index in [-0.39, 0.29) is 5.41 Å². The van der Waals surface area contributed by atoms with E-state index in [1.165, 1.54) is 16.7 Å². The van der Waals surface area contributed by atoms with Gasteiger partial charge in [-0.3, -0.25) is 0 Å². The van der Waals surface area contributed by atoms with Crippen LogP contribution in [0.2, 0.25) is 0 Å². The van der Waals surface area contributed by atoms with Crippen molar-refractivity contribution >= 4 is 0 Å². The summed E-state index contributed by atoms with van der Waals surface area (Å²) in [5.41, 5.74) is 4.03. The summed E-state index contributed by atoms with van der Waals surface area (Å²) >= 11 is 0. The quantitative estimate of drug-likeness (QED) is 0.414. The van der Waals surface area contributed by atoms with Crippen LogP contribution in [0.3, 0.4) is 0 Å². The highest BCUT2D eigenvalue weighted by Gasteiger charge is 2.31. The maximum absolute atomic E-state index is 2.33. The normalized spacial score (nSPS) is 11.7. The molecule has 0 amide bonds. The van der Waals surface area contributed by atoms with Crippen LogP contribution in [0.5, 0.6) is 0 Å². The standard InChI is InChI=1S/C21H24.C6H6/c1-4-6-13-18(5-2)21(3,19-14-9-7-10-15-19)20-16-11-8-12-17-20;1-2-4-6-5-3-1/h4,6-17H,5H2,1-3H3;1-6H/b6-4-,18-13+;. The minimum Gasteiger partial charge on any atom is -0.0877 e. The van der Waals surface area contributed by atoms with Gasteiger partial charge < -0.3 is 0 Å². The zero-order valence-electron chi connectivity index (χ0n) is 16.7. The van der Waals surface area contributed by atoms with Crippen LogP contribution < -0.4 is 0 Å². The number of hydrogen-bond acceptors (Lipinski definition) is 0. The number of benzene rings is 3. The zero-order chi connectivity index (χ0) is 19.4. The summed E-state index contributed by atoms with van der Waals surface area (Å²) in [6.45, 7) is 6.63. The van der Waals surface area contributed by atoms with Crippen LogP contribution in [0.1, 0.15) is 38.3 Å². The van der Waals surface area contributed by atoms with Gasteiger partial charge in [0.25, 0.3) is 0 Å². The highest BCUT2D eigenvalue weighted by molar-refractivity contribution is 5.48. The molecule has 138 valence electrons. The van der Waals surface area contributed by atoms with Crippen molar-refractivity contribution < 1.29 is 0 Å². The minimum atomic E-state index is -0.0865. The molecule has 0 bridgehead atoms. The van der Waals surface area contributed by atoms with Crippen molar-refractivity contribution in [1.29, 1.82) is 0 Å². The lowest BCUT2D eigenvalue weighted by atomic mass is 9.69. The molecule has 0 N–H and O–H groups in total. The Morgan fingerprint density at radius 2 is 1.07 bits per heavy atom. The van der Waals surface area contributed by atoms with Crippen molar-refractivity contribution in [3.8, 4) is 0 Å². The molecule has 3 aromatic rings. The Bertz CT molecular complexity index is 745. The molecule has 0 saturated carbocycles. The molecular formula is C27H30. The van der Waals surface area contributed by atoms with Gasteiger partial charge in [-0.1, -0.05) is 128 Å². The van der Waals surface area contributed by atoms with Crippen LogP contribution in [0.25, 0.3) is 0 Å². The molecule has 0 heterocycles. The highest BCUT2D eigenvalue weighted by Crippen LogP contribution is 2.40. The topological polar surface area (TPSA) is 0 Å². The Hall–Kier alpha value is -2.86. The van der Waals surface area contributed by atoms with Crippen molar-refractivity contribution in [3.05, 3.63) is 132 Å². The molecule has 0 atom stereocenters. The molecule has 0 aliphatic rings. The predicted molar refractivity (Wildman–Crippen MR) is 119 cm³/mol. The van der Waals surface area contributed by atoms with Gasteiger partial charge in [0.15, 0.2) is 0 Å². The third-order valence-electron chi connectivity index (χ3n) is 4.88. The van der Waals surface area contributed by atoms with E-state index in [9.17, 15) is 0 Å². The molecule has 0 heteroatoms. The number of allylic oxidation sites excluding steroid dienone is 4. The largest absolute Gasteiger partial charge is 0.0877 e. The third kappa shape index (κ3) is 5.56. The van der Waals surface area contributed by atoms with Crippen LogP contribution in [-0.2, 0) is 5.41 Å². The fraction of sp³-hybridized carbons (Fsp3) is 0.185. The first-order chi connectivity index (χ1) is 13.2. The van der Waals surface area contributed by atoms with Crippen LogP contribution in [0.15, 0.2) is 121 Å². The second-order valence-electron chi connectivity index (χ2n) is 6.58. The van der Waals surface area contributed by atoms with Crippen LogP contribution in [0, 0.1) is 0 Å². The highest BCUT2D eigenvalue weighted by atomic mass is 14.3. The van der Waals surface area contributed by atoms with Crippen molar-refractivity contribution in [2.45, 2.75) is 32.6 Å². The summed E-state index contributed by atoms with van der Waals surface area (Å²) in [5.74, 6) is 0. The van der Waals surface area contributed by atoms with Gasteiger partial charge in [0.2, 0.25) is 0 Å². The van der Waals surface area contributed by atoms with Crippen molar-refractivity contribution in [2.75, 3.05) is 0 Å². The van der Waals surface area contributed by atoms with Gasteiger partial charge in [-0.15, -0.1) is 0 Å². The Morgan fingerprint density at radius 3 is 1.41 bits per heavy atom. The van der Waals surface area contributed by atoms with E-state index in [4.69, 9.17) is 0 Å². The summed E-state index contributed by atoms with van der Waals surface area (Å²) in [5, 5.41) is 0. The van der Waals surface area contributed by atoms with E-state index < -0.39 is 0 Å². The molecule has 0 nitrogen and oxygen atoms in total. The Kier molecular flexibility index (Phi) is 8.32. The molecule has 0 aromatic heterocycles. The fourth-order valence-corrected chi connectivity index (χ4v) is 3.32. The summed E-state index contributed by atoms with van der Waals surface area (Å²) in [6.07, 6.45) is 7.53. The summed E-state index contributed by atoms with van der Waals surface area (Å²) < 4.78 is 0. The summed E-state index contributed by atoms with van der Waals surface area (Å²) in [4.78, 5) is 0. The molecule has 3 rings (SSSR count). The predicted octanol–water partition coefficient (Wildman–Crippen LogP) is 7.59. The smallest absolute Gasteiger partial charge is 0.0385 e. The maximum Gasteiger partial charge on any atom is 0.0385 e. The Balaban J connectivity index is 0.000000369. The van der Waals surface area contributed by atoms with E-state index >= 15 is 0 Å². The van der Waals surface area contributed by atoms with Gasteiger partial charge in [0, 0.05) is 5.41 Å². The van der Waals surface area contributed by atoms with E-state index in [0.29, 0.717) is 0 Å². The van der Waals surface area contributed by atoms with Gasteiger partial charge in [0.1, 0.15) is 0 Å². The van der Waals surface area contributed by atoms with E-state index in [2.05, 4.69) is 99.7 Å². The first-order valence-corrected chi connectivity index (χ1v) is 9.66. The molecule has 0 aliphatic carbocycles. The lowest BCUT2D eigenvalue weighted by Crippen LogP contribution is -2.26. The first kappa shape index (κ1) is 20.5. The van der Waals surface area contributed by atoms with E-state index in [0.717, 1.165) is 6.42 Å². The van der Waals surface area contributed by atoms with E-state index in [1.54, 1.807) is 0 Å². The zero-order valence-corrected chi connectivity index (χ0v) is 16.7. The minimum absolute atomic E-state index is 0.0865. The monoisotopic (exact) mass is 354 g/mol. The lowest BCUT2D eigenvalue weighted by Gasteiger charge is -2.33. The van der Waals surface area contributed by atoms with Gasteiger partial charge in [-0.2, -0.15) is 0 Å². The maximum atomic E-state index is 2.33. The van der Waals surface area contributed by atoms with Crippen molar-refractivity contribution in [2.24, 2.45) is 0 Å². The second-order valence-corrected chi connectivity index (χ2v) is 6.58. The average molecular weight is 355 g/mol. The molecular weight excluding hydrogens is 324 g/mol. The summed E-state index contributed by atoms with van der Waals surface area (Å²) in [7, 11) is 0. The third-order valence-corrected chi connectivity index (χ3v) is 4.88.